The minimum Gasteiger partial charge on any atom is -0.439 e. The van der Waals surface area contributed by atoms with E-state index in [9.17, 15) is 0 Å². The number of hydrogen-bond donors (Lipinski definition) is 0. The lowest BCUT2D eigenvalue weighted by Gasteiger charge is -2.18. The molecular weight excluding hydrogens is 234 g/mol. The van der Waals surface area contributed by atoms with Gasteiger partial charge in [-0.1, -0.05) is 39.0 Å². The summed E-state index contributed by atoms with van der Waals surface area (Å²) in [5.41, 5.74) is 2.77. The molecule has 2 aromatic rings. The van der Waals surface area contributed by atoms with Crippen molar-refractivity contribution in [2.75, 3.05) is 0 Å². The highest BCUT2D eigenvalue weighted by atomic mass is 16.5. The molecule has 0 saturated heterocycles. The van der Waals surface area contributed by atoms with Crippen molar-refractivity contribution < 1.29 is 4.74 Å². The summed E-state index contributed by atoms with van der Waals surface area (Å²) in [6.07, 6.45) is 2.87. The van der Waals surface area contributed by atoms with Crippen LogP contribution in [0, 0.1) is 12.3 Å². The van der Waals surface area contributed by atoms with Gasteiger partial charge in [0.25, 0.3) is 0 Å². The van der Waals surface area contributed by atoms with Gasteiger partial charge in [0.05, 0.1) is 0 Å². The topological polar surface area (TPSA) is 22.1 Å². The molecule has 1 aromatic heterocycles. The summed E-state index contributed by atoms with van der Waals surface area (Å²) in [4.78, 5) is 4.23. The molecule has 2 rings (SSSR count). The normalized spacial score (nSPS) is 11.4. The Bertz CT molecular complexity index is 521. The summed E-state index contributed by atoms with van der Waals surface area (Å²) >= 11 is 0. The van der Waals surface area contributed by atoms with E-state index in [0.717, 1.165) is 17.7 Å². The zero-order chi connectivity index (χ0) is 13.9. The smallest absolute Gasteiger partial charge is 0.219 e. The maximum atomic E-state index is 5.71. The lowest BCUT2D eigenvalue weighted by atomic mass is 9.88. The van der Waals surface area contributed by atoms with Crippen LogP contribution in [0.4, 0.5) is 0 Å². The highest BCUT2D eigenvalue weighted by Gasteiger charge is 2.11. The first-order chi connectivity index (χ1) is 8.92. The van der Waals surface area contributed by atoms with Gasteiger partial charge in [-0.05, 0) is 42.0 Å². The number of aryl methyl sites for hydroxylation is 1. The van der Waals surface area contributed by atoms with Crippen molar-refractivity contribution in [1.29, 1.82) is 0 Å². The molecule has 2 heteroatoms. The van der Waals surface area contributed by atoms with Gasteiger partial charge in [-0.2, -0.15) is 0 Å². The van der Waals surface area contributed by atoms with Gasteiger partial charge in [-0.25, -0.2) is 4.98 Å². The number of benzene rings is 1. The first-order valence-corrected chi connectivity index (χ1v) is 6.62. The third-order valence-electron chi connectivity index (χ3n) is 2.76. The number of aromatic nitrogens is 1. The van der Waals surface area contributed by atoms with Gasteiger partial charge in [0, 0.05) is 12.3 Å². The Morgan fingerprint density at radius 3 is 2.21 bits per heavy atom. The second-order valence-electron chi connectivity index (χ2n) is 6.16. The first kappa shape index (κ1) is 13.6. The predicted molar refractivity (Wildman–Crippen MR) is 78.6 cm³/mol. The van der Waals surface area contributed by atoms with E-state index in [1.165, 1.54) is 5.56 Å². The second kappa shape index (κ2) is 5.43. The molecule has 0 N–H and O–H groups in total. The summed E-state index contributed by atoms with van der Waals surface area (Å²) < 4.78 is 5.71. The van der Waals surface area contributed by atoms with Crippen LogP contribution in [0.3, 0.4) is 0 Å². The molecule has 0 aliphatic carbocycles. The van der Waals surface area contributed by atoms with Gasteiger partial charge in [0.2, 0.25) is 5.88 Å². The monoisotopic (exact) mass is 255 g/mol. The summed E-state index contributed by atoms with van der Waals surface area (Å²) in [6, 6.07) is 12.1. The van der Waals surface area contributed by atoms with Gasteiger partial charge in [0.1, 0.15) is 5.75 Å². The van der Waals surface area contributed by atoms with Gasteiger partial charge in [0.15, 0.2) is 0 Å². The van der Waals surface area contributed by atoms with Crippen LogP contribution in [0.15, 0.2) is 42.6 Å². The van der Waals surface area contributed by atoms with Crippen molar-refractivity contribution in [2.24, 2.45) is 5.41 Å². The number of rotatable bonds is 3. The molecule has 1 aromatic carbocycles. The Morgan fingerprint density at radius 2 is 1.68 bits per heavy atom. The molecule has 0 radical (unpaired) electrons. The molecule has 0 aliphatic heterocycles. The van der Waals surface area contributed by atoms with Gasteiger partial charge in [-0.3, -0.25) is 0 Å². The number of ether oxygens (including phenoxy) is 1. The average Bonchev–Trinajstić information content (AvgIpc) is 2.33. The maximum Gasteiger partial charge on any atom is 0.219 e. The Balaban J connectivity index is 2.04. The van der Waals surface area contributed by atoms with Crippen LogP contribution in [0.5, 0.6) is 11.6 Å². The molecule has 0 fully saturated rings. The van der Waals surface area contributed by atoms with Gasteiger partial charge < -0.3 is 4.74 Å². The lowest BCUT2D eigenvalue weighted by molar-refractivity contribution is 0.410. The van der Waals surface area contributed by atoms with Crippen molar-refractivity contribution in [2.45, 2.75) is 34.1 Å². The molecule has 0 unspecified atom stereocenters. The van der Waals surface area contributed by atoms with Crippen molar-refractivity contribution in [1.82, 2.24) is 4.98 Å². The van der Waals surface area contributed by atoms with Crippen molar-refractivity contribution >= 4 is 0 Å². The van der Waals surface area contributed by atoms with E-state index in [0.29, 0.717) is 11.3 Å². The molecular formula is C17H21NO. The number of nitrogens with zero attached hydrogens (tertiary/aromatic N) is 1. The molecule has 100 valence electrons. The molecule has 1 heterocycles. The molecule has 19 heavy (non-hydrogen) atoms. The van der Waals surface area contributed by atoms with Crippen LogP contribution in [0.25, 0.3) is 0 Å². The van der Waals surface area contributed by atoms with Crippen LogP contribution in [-0.4, -0.2) is 4.98 Å². The molecule has 0 saturated carbocycles. The molecule has 0 aliphatic rings. The highest BCUT2D eigenvalue weighted by Crippen LogP contribution is 2.24. The third-order valence-corrected chi connectivity index (χ3v) is 2.76. The second-order valence-corrected chi connectivity index (χ2v) is 6.16. The van der Waals surface area contributed by atoms with E-state index in [4.69, 9.17) is 4.74 Å². The minimum absolute atomic E-state index is 0.306. The van der Waals surface area contributed by atoms with E-state index in [2.05, 4.69) is 37.9 Å². The van der Waals surface area contributed by atoms with Crippen molar-refractivity contribution in [3.05, 3.63) is 53.7 Å². The summed E-state index contributed by atoms with van der Waals surface area (Å²) in [7, 11) is 0. The predicted octanol–water partition coefficient (Wildman–Crippen LogP) is 4.77. The molecule has 2 nitrogen and oxygen atoms in total. The Morgan fingerprint density at radius 1 is 1.00 bits per heavy atom. The van der Waals surface area contributed by atoms with Crippen molar-refractivity contribution in [3.8, 4) is 11.6 Å². The van der Waals surface area contributed by atoms with Crippen LogP contribution >= 0.6 is 0 Å². The molecule has 0 atom stereocenters. The van der Waals surface area contributed by atoms with Crippen LogP contribution in [-0.2, 0) is 6.42 Å². The van der Waals surface area contributed by atoms with E-state index in [1.54, 1.807) is 0 Å². The average molecular weight is 255 g/mol. The van der Waals surface area contributed by atoms with Crippen LogP contribution < -0.4 is 4.74 Å². The largest absolute Gasteiger partial charge is 0.439 e. The van der Waals surface area contributed by atoms with Gasteiger partial charge in [-0.15, -0.1) is 0 Å². The first-order valence-electron chi connectivity index (χ1n) is 6.62. The maximum absolute atomic E-state index is 5.71. The minimum atomic E-state index is 0.306. The van der Waals surface area contributed by atoms with Crippen LogP contribution in [0.1, 0.15) is 31.9 Å². The van der Waals surface area contributed by atoms with E-state index in [-0.39, 0.29) is 0 Å². The van der Waals surface area contributed by atoms with E-state index >= 15 is 0 Å². The number of pyridine rings is 1. The van der Waals surface area contributed by atoms with Crippen LogP contribution in [0.2, 0.25) is 0 Å². The van der Waals surface area contributed by atoms with E-state index < -0.39 is 0 Å². The summed E-state index contributed by atoms with van der Waals surface area (Å²) in [5, 5.41) is 0. The fourth-order valence-corrected chi connectivity index (χ4v) is 1.92. The van der Waals surface area contributed by atoms with Gasteiger partial charge >= 0.3 is 0 Å². The zero-order valence-corrected chi connectivity index (χ0v) is 12.1. The highest BCUT2D eigenvalue weighted by molar-refractivity contribution is 5.31. The van der Waals surface area contributed by atoms with E-state index in [1.807, 2.05) is 37.4 Å². The summed E-state index contributed by atoms with van der Waals surface area (Å²) in [5.74, 6) is 1.46. The summed E-state index contributed by atoms with van der Waals surface area (Å²) in [6.45, 7) is 8.74. The quantitative estimate of drug-likeness (QED) is 0.788. The Labute approximate surface area is 115 Å². The van der Waals surface area contributed by atoms with Crippen molar-refractivity contribution in [3.63, 3.8) is 0 Å². The molecule has 0 spiro atoms. The Kier molecular flexibility index (Phi) is 3.89. The fraction of sp³-hybridized carbons (Fsp3) is 0.353. The lowest BCUT2D eigenvalue weighted by Crippen LogP contribution is -2.08. The standard InChI is InChI=1S/C17H21NO/c1-13-5-10-16(18-12-13)19-15-8-6-14(7-9-15)11-17(2,3)4/h5-10,12H,11H2,1-4H3. The Hall–Kier alpha value is -1.83. The molecule has 0 bridgehead atoms. The number of hydrogen-bond acceptors (Lipinski definition) is 2. The fourth-order valence-electron chi connectivity index (χ4n) is 1.92. The third kappa shape index (κ3) is 4.40. The zero-order valence-electron chi connectivity index (χ0n) is 12.1. The molecule has 0 amide bonds. The SMILES string of the molecule is Cc1ccc(Oc2ccc(CC(C)(C)C)cc2)nc1.